The van der Waals surface area contributed by atoms with Crippen LogP contribution in [0.2, 0.25) is 0 Å². The zero-order chi connectivity index (χ0) is 27.1. The van der Waals surface area contributed by atoms with Crippen molar-refractivity contribution in [2.75, 3.05) is 38.2 Å². The van der Waals surface area contributed by atoms with Crippen molar-refractivity contribution >= 4 is 17.4 Å². The SMILES string of the molecule is O=C(CN1CCOCC1)Nc1cc(C(=O)Cc2ccc(-c3ccc(CO)nc3)cc2)ccc1OC(F)(F)F. The molecule has 2 heterocycles. The molecule has 0 saturated carbocycles. The third-order valence-electron chi connectivity index (χ3n) is 5.91. The lowest BCUT2D eigenvalue weighted by Crippen LogP contribution is -2.41. The number of alkyl halides is 3. The molecule has 1 aliphatic rings. The molecular formula is C27H26F3N3O5. The average molecular weight is 530 g/mol. The summed E-state index contributed by atoms with van der Waals surface area (Å²) in [5.41, 5.74) is 2.87. The van der Waals surface area contributed by atoms with Crippen LogP contribution in [0.5, 0.6) is 5.75 Å². The van der Waals surface area contributed by atoms with Crippen molar-refractivity contribution in [3.05, 3.63) is 77.6 Å². The van der Waals surface area contributed by atoms with E-state index in [1.807, 2.05) is 23.1 Å². The highest BCUT2D eigenvalue weighted by Crippen LogP contribution is 2.32. The highest BCUT2D eigenvalue weighted by Gasteiger charge is 2.32. The minimum absolute atomic E-state index is 0.00260. The number of ketones is 1. The number of benzene rings is 2. The second-order valence-electron chi connectivity index (χ2n) is 8.69. The molecule has 1 aromatic heterocycles. The second kappa shape index (κ2) is 12.2. The van der Waals surface area contributed by atoms with Gasteiger partial charge in [0.05, 0.1) is 37.7 Å². The molecule has 3 aromatic rings. The van der Waals surface area contributed by atoms with Crippen molar-refractivity contribution in [3.8, 4) is 16.9 Å². The number of Topliss-reactive ketones (excluding diaryl/α,β-unsaturated/α-hetero) is 1. The standard InChI is InChI=1S/C27H26F3N3O5/c28-27(29,30)38-25-8-6-20(14-23(25)32-26(36)16-33-9-11-37-12-10-33)24(35)13-18-1-3-19(4-2-18)21-5-7-22(17-34)31-15-21/h1-8,14-15,34H,9-13,16-17H2,(H,32,36). The number of halogens is 3. The summed E-state index contributed by atoms with van der Waals surface area (Å²) in [6, 6.07) is 14.2. The minimum atomic E-state index is -4.97. The Morgan fingerprint density at radius 1 is 1.03 bits per heavy atom. The summed E-state index contributed by atoms with van der Waals surface area (Å²) in [5.74, 6) is -1.47. The predicted molar refractivity (Wildman–Crippen MR) is 133 cm³/mol. The molecule has 0 spiro atoms. The van der Waals surface area contributed by atoms with Gasteiger partial charge >= 0.3 is 6.36 Å². The molecule has 4 rings (SSSR count). The molecule has 0 atom stereocenters. The fourth-order valence-electron chi connectivity index (χ4n) is 3.96. The van der Waals surface area contributed by atoms with Crippen molar-refractivity contribution in [1.29, 1.82) is 0 Å². The van der Waals surface area contributed by atoms with Gasteiger partial charge in [-0.2, -0.15) is 0 Å². The van der Waals surface area contributed by atoms with Crippen LogP contribution in [0.4, 0.5) is 18.9 Å². The summed E-state index contributed by atoms with van der Waals surface area (Å²) < 4.78 is 48.1. The number of amides is 1. The fraction of sp³-hybridized carbons (Fsp3) is 0.296. The van der Waals surface area contributed by atoms with Crippen LogP contribution in [0.1, 0.15) is 21.6 Å². The number of carbonyl (C=O) groups excluding carboxylic acids is 2. The number of aliphatic hydroxyl groups is 1. The Balaban J connectivity index is 1.47. The van der Waals surface area contributed by atoms with Gasteiger partial charge in [0.2, 0.25) is 5.91 Å². The van der Waals surface area contributed by atoms with E-state index in [2.05, 4.69) is 15.0 Å². The number of nitrogens with one attached hydrogen (secondary N) is 1. The first-order valence-electron chi connectivity index (χ1n) is 11.9. The number of rotatable bonds is 9. The van der Waals surface area contributed by atoms with Crippen LogP contribution in [-0.4, -0.2) is 65.9 Å². The lowest BCUT2D eigenvalue weighted by molar-refractivity contribution is -0.274. The smallest absolute Gasteiger partial charge is 0.404 e. The number of ether oxygens (including phenoxy) is 2. The molecule has 11 heteroatoms. The number of aromatic nitrogens is 1. The molecule has 0 bridgehead atoms. The first-order chi connectivity index (χ1) is 18.2. The maximum Gasteiger partial charge on any atom is 0.573 e. The number of nitrogens with zero attached hydrogens (tertiary/aromatic N) is 2. The van der Waals surface area contributed by atoms with Crippen LogP contribution < -0.4 is 10.1 Å². The van der Waals surface area contributed by atoms with Crippen LogP contribution in [0, 0.1) is 0 Å². The van der Waals surface area contributed by atoms with Crippen molar-refractivity contribution < 1.29 is 37.3 Å². The second-order valence-corrected chi connectivity index (χ2v) is 8.69. The van der Waals surface area contributed by atoms with Gasteiger partial charge in [-0.15, -0.1) is 13.2 Å². The highest BCUT2D eigenvalue weighted by atomic mass is 19.4. The van der Waals surface area contributed by atoms with E-state index in [-0.39, 0.29) is 36.6 Å². The average Bonchev–Trinajstić information content (AvgIpc) is 2.90. The van der Waals surface area contributed by atoms with E-state index >= 15 is 0 Å². The summed E-state index contributed by atoms with van der Waals surface area (Å²) in [5, 5.41) is 11.6. The third-order valence-corrected chi connectivity index (χ3v) is 5.91. The zero-order valence-electron chi connectivity index (χ0n) is 20.3. The molecule has 1 aliphatic heterocycles. The number of aliphatic hydroxyl groups excluding tert-OH is 1. The lowest BCUT2D eigenvalue weighted by atomic mass is 9.99. The number of pyridine rings is 1. The lowest BCUT2D eigenvalue weighted by Gasteiger charge is -2.26. The normalized spacial score (nSPS) is 14.2. The van der Waals surface area contributed by atoms with Crippen LogP contribution in [0.15, 0.2) is 60.8 Å². The van der Waals surface area contributed by atoms with E-state index in [0.717, 1.165) is 17.2 Å². The first kappa shape index (κ1) is 27.2. The van der Waals surface area contributed by atoms with Crippen molar-refractivity contribution in [2.45, 2.75) is 19.4 Å². The Morgan fingerprint density at radius 2 is 1.74 bits per heavy atom. The number of hydrogen-bond acceptors (Lipinski definition) is 7. The van der Waals surface area contributed by atoms with Crippen molar-refractivity contribution in [1.82, 2.24) is 9.88 Å². The molecule has 200 valence electrons. The van der Waals surface area contributed by atoms with Crippen LogP contribution in [0.3, 0.4) is 0 Å². The molecular weight excluding hydrogens is 503 g/mol. The number of anilines is 1. The summed E-state index contributed by atoms with van der Waals surface area (Å²) in [6.07, 6.45) is -3.32. The predicted octanol–water partition coefficient (Wildman–Crippen LogP) is 3.84. The van der Waals surface area contributed by atoms with Gasteiger partial charge in [-0.05, 0) is 35.4 Å². The van der Waals surface area contributed by atoms with Gasteiger partial charge in [-0.1, -0.05) is 30.3 Å². The maximum atomic E-state index is 13.0. The number of hydrogen-bond donors (Lipinski definition) is 2. The summed E-state index contributed by atoms with van der Waals surface area (Å²) in [4.78, 5) is 31.5. The Kier molecular flexibility index (Phi) is 8.72. The molecule has 1 fully saturated rings. The maximum absolute atomic E-state index is 13.0. The van der Waals surface area contributed by atoms with Crippen molar-refractivity contribution in [2.24, 2.45) is 0 Å². The summed E-state index contributed by atoms with van der Waals surface area (Å²) >= 11 is 0. The molecule has 1 amide bonds. The van der Waals surface area contributed by atoms with E-state index in [1.54, 1.807) is 24.4 Å². The molecule has 2 aromatic carbocycles. The number of carbonyl (C=O) groups is 2. The van der Waals surface area contributed by atoms with Gasteiger partial charge in [-0.3, -0.25) is 19.5 Å². The van der Waals surface area contributed by atoms with Gasteiger partial charge < -0.3 is 19.9 Å². The third kappa shape index (κ3) is 7.60. The molecule has 0 unspecified atom stereocenters. The summed E-state index contributed by atoms with van der Waals surface area (Å²) in [6.45, 7) is 1.81. The van der Waals surface area contributed by atoms with E-state index in [0.29, 0.717) is 37.6 Å². The Bertz CT molecular complexity index is 1260. The topological polar surface area (TPSA) is 101 Å². The molecule has 38 heavy (non-hydrogen) atoms. The van der Waals surface area contributed by atoms with Crippen LogP contribution >= 0.6 is 0 Å². The highest BCUT2D eigenvalue weighted by molar-refractivity contribution is 6.00. The van der Waals surface area contributed by atoms with Gasteiger partial charge in [0, 0.05) is 36.8 Å². The molecule has 2 N–H and O–H groups in total. The van der Waals surface area contributed by atoms with E-state index in [1.165, 1.54) is 12.1 Å². The Labute approximate surface area is 217 Å². The van der Waals surface area contributed by atoms with Crippen LogP contribution in [0.25, 0.3) is 11.1 Å². The van der Waals surface area contributed by atoms with E-state index in [9.17, 15) is 22.8 Å². The van der Waals surface area contributed by atoms with Crippen molar-refractivity contribution in [3.63, 3.8) is 0 Å². The summed E-state index contributed by atoms with van der Waals surface area (Å²) in [7, 11) is 0. The Hall–Kier alpha value is -3.80. The molecule has 0 aliphatic carbocycles. The number of morpholine rings is 1. The molecule has 8 nitrogen and oxygen atoms in total. The monoisotopic (exact) mass is 529 g/mol. The fourth-order valence-corrected chi connectivity index (χ4v) is 3.96. The van der Waals surface area contributed by atoms with Gasteiger partial charge in [0.15, 0.2) is 11.5 Å². The van der Waals surface area contributed by atoms with E-state index < -0.39 is 18.0 Å². The largest absolute Gasteiger partial charge is 0.573 e. The zero-order valence-corrected chi connectivity index (χ0v) is 20.3. The first-order valence-corrected chi connectivity index (χ1v) is 11.9. The Morgan fingerprint density at radius 3 is 2.37 bits per heavy atom. The van der Waals surface area contributed by atoms with Gasteiger partial charge in [0.1, 0.15) is 0 Å². The quantitative estimate of drug-likeness (QED) is 0.407. The van der Waals surface area contributed by atoms with Gasteiger partial charge in [-0.25, -0.2) is 0 Å². The molecule has 0 radical (unpaired) electrons. The van der Waals surface area contributed by atoms with E-state index in [4.69, 9.17) is 9.84 Å². The molecule has 1 saturated heterocycles. The minimum Gasteiger partial charge on any atom is -0.404 e. The van der Waals surface area contributed by atoms with Gasteiger partial charge in [0.25, 0.3) is 0 Å². The van der Waals surface area contributed by atoms with Crippen LogP contribution in [-0.2, 0) is 22.6 Å².